The van der Waals surface area contributed by atoms with Crippen LogP contribution >= 0.6 is 0 Å². The summed E-state index contributed by atoms with van der Waals surface area (Å²) >= 11 is 0. The zero-order valence-electron chi connectivity index (χ0n) is 13.7. The summed E-state index contributed by atoms with van der Waals surface area (Å²) in [7, 11) is 2.12. The topological polar surface area (TPSA) is 41.6 Å². The average molecular weight is 272 g/mol. The molecule has 1 N–H and O–H groups in total. The normalized spacial score (nSPS) is 15.4. The van der Waals surface area contributed by atoms with E-state index in [9.17, 15) is 4.79 Å². The third-order valence-corrected chi connectivity index (χ3v) is 3.71. The van der Waals surface area contributed by atoms with Gasteiger partial charge in [0.25, 0.3) is 0 Å². The number of nitrogens with zero attached hydrogens (tertiary/aromatic N) is 1. The summed E-state index contributed by atoms with van der Waals surface area (Å²) in [6.45, 7) is 14.9. The molecule has 0 saturated heterocycles. The van der Waals surface area contributed by atoms with Crippen molar-refractivity contribution < 1.29 is 9.53 Å². The number of carbonyl (C=O) groups is 1. The Bertz CT molecular complexity index is 261. The van der Waals surface area contributed by atoms with E-state index in [1.54, 1.807) is 0 Å². The van der Waals surface area contributed by atoms with Crippen molar-refractivity contribution in [2.45, 2.75) is 60.0 Å². The molecule has 0 bridgehead atoms. The molecule has 4 nitrogen and oxygen atoms in total. The molecular formula is C15H32N2O2. The second-order valence-electron chi connectivity index (χ2n) is 6.17. The number of ether oxygens (including phenoxy) is 1. The fourth-order valence-electron chi connectivity index (χ4n) is 1.98. The maximum Gasteiger partial charge on any atom is 0.323 e. The third-order valence-electron chi connectivity index (χ3n) is 3.71. The van der Waals surface area contributed by atoms with Crippen LogP contribution in [0.4, 0.5) is 0 Å². The van der Waals surface area contributed by atoms with E-state index in [1.165, 1.54) is 0 Å². The van der Waals surface area contributed by atoms with Crippen LogP contribution in [0.1, 0.15) is 48.0 Å². The van der Waals surface area contributed by atoms with Crippen LogP contribution in [0.25, 0.3) is 0 Å². The first-order valence-electron chi connectivity index (χ1n) is 7.34. The number of carbonyl (C=O) groups excluding carboxylic acids is 1. The maximum atomic E-state index is 11.8. The highest BCUT2D eigenvalue weighted by molar-refractivity contribution is 5.75. The fraction of sp³-hybridized carbons (Fsp3) is 0.933. The Hall–Kier alpha value is -0.610. The Morgan fingerprint density at radius 2 is 1.89 bits per heavy atom. The van der Waals surface area contributed by atoms with Gasteiger partial charge in [-0.3, -0.25) is 4.79 Å². The molecular weight excluding hydrogens is 240 g/mol. The lowest BCUT2D eigenvalue weighted by molar-refractivity contribution is -0.145. The Labute approximate surface area is 118 Å². The molecule has 0 spiro atoms. The summed E-state index contributed by atoms with van der Waals surface area (Å²) in [5, 5.41) is 3.20. The van der Waals surface area contributed by atoms with Crippen molar-refractivity contribution in [3.8, 4) is 0 Å². The molecule has 0 rings (SSSR count). The van der Waals surface area contributed by atoms with E-state index in [0.717, 1.165) is 19.5 Å². The lowest BCUT2D eigenvalue weighted by atomic mass is 9.87. The summed E-state index contributed by atoms with van der Waals surface area (Å²) in [4.78, 5) is 14.1. The molecule has 2 atom stereocenters. The minimum absolute atomic E-state index is 0.138. The fourth-order valence-corrected chi connectivity index (χ4v) is 1.98. The van der Waals surface area contributed by atoms with Gasteiger partial charge in [-0.25, -0.2) is 0 Å². The van der Waals surface area contributed by atoms with Crippen molar-refractivity contribution in [2.75, 3.05) is 26.7 Å². The van der Waals surface area contributed by atoms with E-state index >= 15 is 0 Å². The van der Waals surface area contributed by atoms with Gasteiger partial charge in [0.05, 0.1) is 6.61 Å². The lowest BCUT2D eigenvalue weighted by Crippen LogP contribution is -2.44. The Morgan fingerprint density at radius 3 is 2.32 bits per heavy atom. The monoisotopic (exact) mass is 272 g/mol. The van der Waals surface area contributed by atoms with Crippen molar-refractivity contribution in [2.24, 2.45) is 5.41 Å². The maximum absolute atomic E-state index is 11.8. The summed E-state index contributed by atoms with van der Waals surface area (Å²) in [5.41, 5.74) is 0.242. The van der Waals surface area contributed by atoms with Gasteiger partial charge < -0.3 is 15.0 Å². The van der Waals surface area contributed by atoms with Crippen LogP contribution in [0.2, 0.25) is 0 Å². The summed E-state index contributed by atoms with van der Waals surface area (Å²) in [5.74, 6) is -0.138. The first kappa shape index (κ1) is 18.4. The highest BCUT2D eigenvalue weighted by atomic mass is 16.5. The smallest absolute Gasteiger partial charge is 0.323 e. The highest BCUT2D eigenvalue weighted by Crippen LogP contribution is 2.23. The highest BCUT2D eigenvalue weighted by Gasteiger charge is 2.25. The number of likely N-dealkylation sites (N-methyl/N-ethyl adjacent to an activating group) is 1. The van der Waals surface area contributed by atoms with Crippen molar-refractivity contribution in [1.29, 1.82) is 0 Å². The Kier molecular flexibility index (Phi) is 8.26. The van der Waals surface area contributed by atoms with Crippen molar-refractivity contribution in [1.82, 2.24) is 10.2 Å². The molecule has 0 fully saturated rings. The van der Waals surface area contributed by atoms with Gasteiger partial charge in [-0.1, -0.05) is 27.7 Å². The molecule has 0 aliphatic carbocycles. The molecule has 0 saturated carbocycles. The van der Waals surface area contributed by atoms with Gasteiger partial charge in [-0.05, 0) is 39.3 Å². The number of rotatable bonds is 8. The van der Waals surface area contributed by atoms with Gasteiger partial charge in [0.2, 0.25) is 0 Å². The zero-order valence-corrected chi connectivity index (χ0v) is 13.7. The largest absolute Gasteiger partial charge is 0.465 e. The molecule has 4 heteroatoms. The minimum Gasteiger partial charge on any atom is -0.465 e. The van der Waals surface area contributed by atoms with Gasteiger partial charge in [0, 0.05) is 12.6 Å². The molecule has 0 heterocycles. The van der Waals surface area contributed by atoms with E-state index in [-0.39, 0.29) is 17.4 Å². The SMILES string of the molecule is CCNC(CCN(C)C(C)C(C)(C)C)C(=O)OCC. The molecule has 0 aromatic rings. The van der Waals surface area contributed by atoms with E-state index in [0.29, 0.717) is 12.6 Å². The van der Waals surface area contributed by atoms with E-state index in [4.69, 9.17) is 4.74 Å². The molecule has 0 amide bonds. The van der Waals surface area contributed by atoms with Gasteiger partial charge in [0.1, 0.15) is 6.04 Å². The molecule has 19 heavy (non-hydrogen) atoms. The van der Waals surface area contributed by atoms with Gasteiger partial charge >= 0.3 is 5.97 Å². The third kappa shape index (κ3) is 6.92. The molecule has 114 valence electrons. The van der Waals surface area contributed by atoms with Crippen molar-refractivity contribution in [3.63, 3.8) is 0 Å². The quantitative estimate of drug-likeness (QED) is 0.688. The van der Waals surface area contributed by atoms with Crippen LogP contribution < -0.4 is 5.32 Å². The van der Waals surface area contributed by atoms with Gasteiger partial charge in [0.15, 0.2) is 0 Å². The van der Waals surface area contributed by atoms with Crippen LogP contribution in [0, 0.1) is 5.41 Å². The zero-order chi connectivity index (χ0) is 15.1. The predicted octanol–water partition coefficient (Wildman–Crippen LogP) is 2.28. The number of hydrogen-bond acceptors (Lipinski definition) is 4. The molecule has 0 aliphatic rings. The summed E-state index contributed by atoms with van der Waals surface area (Å²) in [6.07, 6.45) is 0.781. The second kappa shape index (κ2) is 8.54. The van der Waals surface area contributed by atoms with Crippen LogP contribution in [0.3, 0.4) is 0 Å². The molecule has 0 aromatic carbocycles. The predicted molar refractivity (Wildman–Crippen MR) is 80.3 cm³/mol. The van der Waals surface area contributed by atoms with Gasteiger partial charge in [-0.15, -0.1) is 0 Å². The van der Waals surface area contributed by atoms with E-state index < -0.39 is 0 Å². The standard InChI is InChI=1S/C15H32N2O2/c1-8-16-13(14(18)19-9-2)10-11-17(7)12(3)15(4,5)6/h12-13,16H,8-11H2,1-7H3. The van der Waals surface area contributed by atoms with E-state index in [2.05, 4.69) is 45.0 Å². The minimum atomic E-state index is -0.195. The van der Waals surface area contributed by atoms with Crippen LogP contribution in [0.15, 0.2) is 0 Å². The van der Waals surface area contributed by atoms with Crippen LogP contribution in [-0.2, 0) is 9.53 Å². The molecule has 0 aliphatic heterocycles. The average Bonchev–Trinajstić information content (AvgIpc) is 2.32. The number of hydrogen-bond donors (Lipinski definition) is 1. The van der Waals surface area contributed by atoms with Crippen LogP contribution in [-0.4, -0.2) is 49.7 Å². The second-order valence-corrected chi connectivity index (χ2v) is 6.17. The van der Waals surface area contributed by atoms with Crippen LogP contribution in [0.5, 0.6) is 0 Å². The molecule has 0 radical (unpaired) electrons. The van der Waals surface area contributed by atoms with Gasteiger partial charge in [-0.2, -0.15) is 0 Å². The first-order valence-corrected chi connectivity index (χ1v) is 7.34. The van der Waals surface area contributed by atoms with Crippen molar-refractivity contribution in [3.05, 3.63) is 0 Å². The summed E-state index contributed by atoms with van der Waals surface area (Å²) in [6, 6.07) is 0.275. The number of esters is 1. The summed E-state index contributed by atoms with van der Waals surface area (Å²) < 4.78 is 5.10. The first-order chi connectivity index (χ1) is 8.73. The van der Waals surface area contributed by atoms with E-state index in [1.807, 2.05) is 13.8 Å². The Morgan fingerprint density at radius 1 is 1.32 bits per heavy atom. The lowest BCUT2D eigenvalue weighted by Gasteiger charge is -2.36. The molecule has 2 unspecified atom stereocenters. The molecule has 0 aromatic heterocycles. The number of nitrogens with one attached hydrogen (secondary N) is 1. The van der Waals surface area contributed by atoms with Crippen molar-refractivity contribution >= 4 is 5.97 Å². The Balaban J connectivity index is 4.35.